The Morgan fingerprint density at radius 2 is 2.17 bits per heavy atom. The van der Waals surface area contributed by atoms with Crippen molar-refractivity contribution in [3.05, 3.63) is 23.5 Å². The van der Waals surface area contributed by atoms with Crippen LogP contribution in [0.15, 0.2) is 17.2 Å². The molecule has 1 aliphatic carbocycles. The maximum absolute atomic E-state index is 5.65. The number of nitrogens with zero attached hydrogens (tertiary/aromatic N) is 1. The Morgan fingerprint density at radius 3 is 3.00 bits per heavy atom. The highest BCUT2D eigenvalue weighted by Gasteiger charge is 2.10. The molecule has 0 spiro atoms. The normalized spacial score (nSPS) is 15.8. The van der Waals surface area contributed by atoms with Gasteiger partial charge in [-0.05, 0) is 59.0 Å². The number of pyridine rings is 1. The van der Waals surface area contributed by atoms with Gasteiger partial charge >= 0.3 is 0 Å². The van der Waals surface area contributed by atoms with Crippen LogP contribution >= 0.6 is 21.7 Å². The molecular formula is C9H10ClNS. The van der Waals surface area contributed by atoms with Crippen molar-refractivity contribution in [2.75, 3.05) is 0 Å². The molecule has 0 aromatic carbocycles. The minimum Gasteiger partial charge on any atom is -0.260 e. The first-order valence-corrected chi connectivity index (χ1v) is 5.81. The lowest BCUT2D eigenvalue weighted by atomic mass is 9.96. The summed E-state index contributed by atoms with van der Waals surface area (Å²) in [5.41, 5.74) is 2.67. The molecule has 1 aromatic rings. The minimum atomic E-state index is 1.07. The van der Waals surface area contributed by atoms with Crippen molar-refractivity contribution in [1.29, 1.82) is 0 Å². The van der Waals surface area contributed by atoms with Crippen LogP contribution in [0.5, 0.6) is 0 Å². The van der Waals surface area contributed by atoms with Gasteiger partial charge in [0.15, 0.2) is 0 Å². The first-order chi connectivity index (χ1) is 5.90. The van der Waals surface area contributed by atoms with Gasteiger partial charge in [0.05, 0.1) is 0 Å². The van der Waals surface area contributed by atoms with Crippen molar-refractivity contribution in [2.24, 2.45) is 0 Å². The lowest BCUT2D eigenvalue weighted by Crippen LogP contribution is -2.04. The zero-order valence-corrected chi connectivity index (χ0v) is 8.29. The molecule has 2 rings (SSSR count). The smallest absolute Gasteiger partial charge is 0.0436 e. The van der Waals surface area contributed by atoms with Crippen molar-refractivity contribution >= 4 is 21.7 Å². The molecule has 0 aliphatic heterocycles. The summed E-state index contributed by atoms with van der Waals surface area (Å²) in [6, 6.07) is 2.17. The third-order valence-corrected chi connectivity index (χ3v) is 3.17. The van der Waals surface area contributed by atoms with E-state index in [9.17, 15) is 0 Å². The van der Waals surface area contributed by atoms with E-state index in [1.807, 2.05) is 6.20 Å². The Hall–Kier alpha value is -0.210. The fourth-order valence-corrected chi connectivity index (χ4v) is 2.14. The Bertz CT molecular complexity index is 288. The molecule has 64 valence electrons. The van der Waals surface area contributed by atoms with Crippen LogP contribution in [0.2, 0.25) is 0 Å². The van der Waals surface area contributed by atoms with E-state index in [0.29, 0.717) is 0 Å². The summed E-state index contributed by atoms with van der Waals surface area (Å²) in [6.07, 6.45) is 6.76. The van der Waals surface area contributed by atoms with E-state index in [2.05, 4.69) is 11.1 Å². The first-order valence-electron chi connectivity index (χ1n) is 4.16. The largest absolute Gasteiger partial charge is 0.260 e. The molecule has 1 nitrogen and oxygen atoms in total. The van der Waals surface area contributed by atoms with Gasteiger partial charge in [-0.1, -0.05) is 0 Å². The van der Waals surface area contributed by atoms with Crippen LogP contribution in [0.4, 0.5) is 0 Å². The van der Waals surface area contributed by atoms with Gasteiger partial charge in [-0.25, -0.2) is 0 Å². The summed E-state index contributed by atoms with van der Waals surface area (Å²) in [7, 11) is 6.90. The first kappa shape index (κ1) is 8.39. The second-order valence-corrected chi connectivity index (χ2v) is 4.15. The van der Waals surface area contributed by atoms with Gasteiger partial charge in [0.2, 0.25) is 0 Å². The number of fused-ring (bicyclic) bond motifs is 1. The number of hydrogen-bond acceptors (Lipinski definition) is 2. The number of aryl methyl sites for hydroxylation is 2. The molecule has 0 unspecified atom stereocenters. The molecule has 0 fully saturated rings. The molecule has 12 heavy (non-hydrogen) atoms. The van der Waals surface area contributed by atoms with Gasteiger partial charge < -0.3 is 0 Å². The van der Waals surface area contributed by atoms with Crippen molar-refractivity contribution in [3.63, 3.8) is 0 Å². The molecule has 0 N–H and O–H groups in total. The van der Waals surface area contributed by atoms with E-state index in [1.54, 1.807) is 0 Å². The summed E-state index contributed by atoms with van der Waals surface area (Å²) >= 11 is 0. The Morgan fingerprint density at radius 1 is 1.33 bits per heavy atom. The molecule has 1 heterocycles. The highest BCUT2D eigenvalue weighted by Crippen LogP contribution is 2.26. The van der Waals surface area contributed by atoms with Crippen molar-refractivity contribution in [2.45, 2.75) is 30.6 Å². The van der Waals surface area contributed by atoms with E-state index < -0.39 is 0 Å². The third-order valence-electron chi connectivity index (χ3n) is 2.23. The van der Waals surface area contributed by atoms with Gasteiger partial charge in [-0.3, -0.25) is 4.98 Å². The predicted molar refractivity (Wildman–Crippen MR) is 52.6 cm³/mol. The summed E-state index contributed by atoms with van der Waals surface area (Å²) in [5, 5.41) is 0. The lowest BCUT2D eigenvalue weighted by molar-refractivity contribution is 0.665. The summed E-state index contributed by atoms with van der Waals surface area (Å²) in [6.45, 7) is 0. The van der Waals surface area contributed by atoms with E-state index >= 15 is 0 Å². The van der Waals surface area contributed by atoms with Crippen molar-refractivity contribution in [1.82, 2.24) is 4.98 Å². The maximum Gasteiger partial charge on any atom is 0.0436 e. The van der Waals surface area contributed by atoms with Crippen LogP contribution in [0.3, 0.4) is 0 Å². The van der Waals surface area contributed by atoms with Crippen LogP contribution in [-0.2, 0) is 12.8 Å². The number of rotatable bonds is 1. The second-order valence-electron chi connectivity index (χ2n) is 3.06. The number of hydrogen-bond donors (Lipinski definition) is 0. The van der Waals surface area contributed by atoms with Gasteiger partial charge in [0.25, 0.3) is 0 Å². The molecule has 0 amide bonds. The zero-order valence-electron chi connectivity index (χ0n) is 6.72. The number of halogens is 1. The topological polar surface area (TPSA) is 12.9 Å². The fraction of sp³-hybridized carbons (Fsp3) is 0.444. The van der Waals surface area contributed by atoms with Gasteiger partial charge in [0, 0.05) is 16.8 Å². The van der Waals surface area contributed by atoms with Gasteiger partial charge in [-0.15, -0.1) is 0 Å². The van der Waals surface area contributed by atoms with Crippen LogP contribution in [0, 0.1) is 0 Å². The Kier molecular flexibility index (Phi) is 2.57. The molecule has 0 radical (unpaired) electrons. The van der Waals surface area contributed by atoms with Gasteiger partial charge in [-0.2, -0.15) is 0 Å². The summed E-state index contributed by atoms with van der Waals surface area (Å²) in [4.78, 5) is 5.45. The molecule has 1 aliphatic rings. The van der Waals surface area contributed by atoms with Crippen LogP contribution < -0.4 is 0 Å². The molecule has 0 bridgehead atoms. The van der Waals surface area contributed by atoms with E-state index in [0.717, 1.165) is 11.3 Å². The molecule has 3 heteroatoms. The lowest BCUT2D eigenvalue weighted by Gasteiger charge is -2.14. The van der Waals surface area contributed by atoms with Gasteiger partial charge in [0.1, 0.15) is 0 Å². The minimum absolute atomic E-state index is 1.07. The molecule has 0 saturated carbocycles. The molecule has 0 atom stereocenters. The molecular weight excluding hydrogens is 190 g/mol. The molecule has 0 saturated heterocycles. The van der Waals surface area contributed by atoms with E-state index in [-0.39, 0.29) is 0 Å². The Labute approximate surface area is 81.0 Å². The highest BCUT2D eigenvalue weighted by atomic mass is 35.7. The fourth-order valence-electron chi connectivity index (χ4n) is 1.61. The quantitative estimate of drug-likeness (QED) is 0.689. The summed E-state index contributed by atoms with van der Waals surface area (Å²) in [5.74, 6) is 0. The third kappa shape index (κ3) is 1.59. The summed E-state index contributed by atoms with van der Waals surface area (Å²) < 4.78 is 0. The van der Waals surface area contributed by atoms with Crippen LogP contribution in [0.25, 0.3) is 0 Å². The number of aromatic nitrogens is 1. The maximum atomic E-state index is 5.65. The van der Waals surface area contributed by atoms with E-state index in [1.165, 1.54) is 41.5 Å². The van der Waals surface area contributed by atoms with E-state index in [4.69, 9.17) is 10.7 Å². The highest BCUT2D eigenvalue weighted by molar-refractivity contribution is 8.21. The van der Waals surface area contributed by atoms with Crippen LogP contribution in [-0.4, -0.2) is 4.98 Å². The average molecular weight is 200 g/mol. The predicted octanol–water partition coefficient (Wildman–Crippen LogP) is 3.21. The monoisotopic (exact) mass is 199 g/mol. The van der Waals surface area contributed by atoms with Crippen molar-refractivity contribution < 1.29 is 0 Å². The average Bonchev–Trinajstić information content (AvgIpc) is 2.17. The zero-order chi connectivity index (χ0) is 8.39. The molecule has 1 aromatic heterocycles. The second kappa shape index (κ2) is 3.67. The van der Waals surface area contributed by atoms with Crippen LogP contribution in [0.1, 0.15) is 24.1 Å². The standard InChI is InChI=1S/C9H10ClNS/c10-12-8-5-7-3-1-2-4-9(7)11-6-8/h5-6H,1-4H2. The SMILES string of the molecule is ClSc1cnc2c(c1)CCCC2. The van der Waals surface area contributed by atoms with Crippen molar-refractivity contribution in [3.8, 4) is 0 Å². The Balaban J connectivity index is 2.36.